The predicted octanol–water partition coefficient (Wildman–Crippen LogP) is 4.34. The third-order valence-electron chi connectivity index (χ3n) is 3.97. The number of aromatic nitrogens is 1. The summed E-state index contributed by atoms with van der Waals surface area (Å²) in [5, 5.41) is 5.91. The summed E-state index contributed by atoms with van der Waals surface area (Å²) in [4.78, 5) is 28.4. The van der Waals surface area contributed by atoms with E-state index < -0.39 is 5.97 Å². The van der Waals surface area contributed by atoms with Crippen molar-refractivity contribution in [3.8, 4) is 16.3 Å². The molecule has 0 aliphatic rings. The largest absolute Gasteiger partial charge is 0.497 e. The summed E-state index contributed by atoms with van der Waals surface area (Å²) >= 11 is 7.26. The van der Waals surface area contributed by atoms with Crippen molar-refractivity contribution in [2.24, 2.45) is 0 Å². The van der Waals surface area contributed by atoms with Gasteiger partial charge in [-0.25, -0.2) is 4.98 Å². The summed E-state index contributed by atoms with van der Waals surface area (Å²) in [6.07, 6.45) is 0.0756. The molecule has 0 bridgehead atoms. The van der Waals surface area contributed by atoms with Gasteiger partial charge in [0.15, 0.2) is 0 Å². The highest BCUT2D eigenvalue weighted by atomic mass is 35.5. The molecule has 3 aromatic rings. The van der Waals surface area contributed by atoms with E-state index in [0.717, 1.165) is 16.3 Å². The lowest BCUT2D eigenvalue weighted by Gasteiger charge is -2.06. The fraction of sp³-hybridized carbons (Fsp3) is 0.190. The summed E-state index contributed by atoms with van der Waals surface area (Å²) in [6, 6.07) is 14.1. The maximum absolute atomic E-state index is 12.0. The Hall–Kier alpha value is -2.90. The number of benzene rings is 2. The lowest BCUT2D eigenvalue weighted by Crippen LogP contribution is -2.26. The smallest absolute Gasteiger partial charge is 0.307 e. The Bertz CT molecular complexity index is 988. The molecule has 0 aliphatic heterocycles. The first kappa shape index (κ1) is 20.8. The zero-order valence-corrected chi connectivity index (χ0v) is 17.3. The van der Waals surface area contributed by atoms with Crippen LogP contribution in [0.1, 0.15) is 22.5 Å². The molecular formula is C21H19ClN2O4S. The first-order valence-electron chi connectivity index (χ1n) is 8.83. The minimum Gasteiger partial charge on any atom is -0.497 e. The number of methoxy groups -OCH3 is 1. The van der Waals surface area contributed by atoms with Gasteiger partial charge in [-0.2, -0.15) is 0 Å². The number of amides is 1. The quantitative estimate of drug-likeness (QED) is 0.538. The molecule has 0 saturated heterocycles. The number of hydrogen-bond donors (Lipinski definition) is 1. The SMILES string of the molecule is COc1cccc(-c2nc(COC(=O)CCNC(=O)c3ccc(Cl)cc3)cs2)c1. The predicted molar refractivity (Wildman–Crippen MR) is 112 cm³/mol. The molecule has 1 aromatic heterocycles. The first-order chi connectivity index (χ1) is 14.0. The number of halogens is 1. The van der Waals surface area contributed by atoms with Gasteiger partial charge in [-0.15, -0.1) is 11.3 Å². The number of esters is 1. The fourth-order valence-electron chi connectivity index (χ4n) is 2.47. The molecule has 6 nitrogen and oxygen atoms in total. The molecule has 3 rings (SSSR count). The minimum atomic E-state index is -0.405. The zero-order valence-electron chi connectivity index (χ0n) is 15.7. The van der Waals surface area contributed by atoms with Gasteiger partial charge in [0.25, 0.3) is 5.91 Å². The van der Waals surface area contributed by atoms with Gasteiger partial charge in [0.2, 0.25) is 0 Å². The summed E-state index contributed by atoms with van der Waals surface area (Å²) < 4.78 is 10.5. The van der Waals surface area contributed by atoms with Crippen LogP contribution in [0.2, 0.25) is 5.02 Å². The van der Waals surface area contributed by atoms with Gasteiger partial charge in [-0.3, -0.25) is 9.59 Å². The molecule has 150 valence electrons. The Balaban J connectivity index is 1.43. The van der Waals surface area contributed by atoms with Crippen LogP contribution in [-0.2, 0) is 16.1 Å². The van der Waals surface area contributed by atoms with Crippen LogP contribution in [0.5, 0.6) is 5.75 Å². The van der Waals surface area contributed by atoms with Crippen LogP contribution >= 0.6 is 22.9 Å². The third-order valence-corrected chi connectivity index (χ3v) is 5.16. The Morgan fingerprint density at radius 1 is 1.17 bits per heavy atom. The van der Waals surface area contributed by atoms with Crippen LogP contribution in [0, 0.1) is 0 Å². The van der Waals surface area contributed by atoms with Crippen molar-refractivity contribution < 1.29 is 19.1 Å². The van der Waals surface area contributed by atoms with Gasteiger partial charge in [-0.05, 0) is 36.4 Å². The Morgan fingerprint density at radius 2 is 1.97 bits per heavy atom. The number of hydrogen-bond acceptors (Lipinski definition) is 6. The van der Waals surface area contributed by atoms with Gasteiger partial charge in [0.05, 0.1) is 19.2 Å². The van der Waals surface area contributed by atoms with Gasteiger partial charge in [0, 0.05) is 28.1 Å². The van der Waals surface area contributed by atoms with E-state index >= 15 is 0 Å². The van der Waals surface area contributed by atoms with Gasteiger partial charge in [0.1, 0.15) is 17.4 Å². The van der Waals surface area contributed by atoms with Crippen molar-refractivity contribution in [1.82, 2.24) is 10.3 Å². The Morgan fingerprint density at radius 3 is 2.72 bits per heavy atom. The molecular weight excluding hydrogens is 412 g/mol. The molecule has 0 radical (unpaired) electrons. The van der Waals surface area contributed by atoms with Crippen LogP contribution in [0.4, 0.5) is 0 Å². The topological polar surface area (TPSA) is 77.5 Å². The number of carbonyl (C=O) groups is 2. The Kier molecular flexibility index (Phi) is 7.21. The van der Waals surface area contributed by atoms with E-state index in [2.05, 4.69) is 10.3 Å². The van der Waals surface area contributed by atoms with Gasteiger partial charge < -0.3 is 14.8 Å². The number of thiazole rings is 1. The van der Waals surface area contributed by atoms with Crippen molar-refractivity contribution in [3.63, 3.8) is 0 Å². The second-order valence-electron chi connectivity index (χ2n) is 6.05. The van der Waals surface area contributed by atoms with Crippen LogP contribution < -0.4 is 10.1 Å². The van der Waals surface area contributed by atoms with Crippen molar-refractivity contribution in [2.75, 3.05) is 13.7 Å². The van der Waals surface area contributed by atoms with Crippen LogP contribution in [0.25, 0.3) is 10.6 Å². The molecule has 0 atom stereocenters. The third kappa shape index (κ3) is 6.04. The average Bonchev–Trinajstić information content (AvgIpc) is 3.22. The van der Waals surface area contributed by atoms with Crippen molar-refractivity contribution in [2.45, 2.75) is 13.0 Å². The number of nitrogens with one attached hydrogen (secondary N) is 1. The highest BCUT2D eigenvalue weighted by Gasteiger charge is 2.10. The standard InChI is InChI=1S/C21H19ClN2O4S/c1-27-18-4-2-3-15(11-18)21-24-17(13-29-21)12-28-19(25)9-10-23-20(26)14-5-7-16(22)8-6-14/h2-8,11,13H,9-10,12H2,1H3,(H,23,26). The van der Waals surface area contributed by atoms with Crippen molar-refractivity contribution >= 4 is 34.8 Å². The molecule has 0 saturated carbocycles. The number of rotatable bonds is 8. The second kappa shape index (κ2) is 10.0. The molecule has 0 unspecified atom stereocenters. The zero-order chi connectivity index (χ0) is 20.6. The summed E-state index contributed by atoms with van der Waals surface area (Å²) in [5.41, 5.74) is 2.10. The minimum absolute atomic E-state index is 0.0756. The molecule has 1 heterocycles. The second-order valence-corrected chi connectivity index (χ2v) is 7.34. The molecule has 0 fully saturated rings. The summed E-state index contributed by atoms with van der Waals surface area (Å²) in [5.74, 6) is 0.0839. The monoisotopic (exact) mass is 430 g/mol. The maximum atomic E-state index is 12.0. The Labute approximate surface area is 177 Å². The van der Waals surface area contributed by atoms with E-state index in [9.17, 15) is 9.59 Å². The first-order valence-corrected chi connectivity index (χ1v) is 10.1. The van der Waals surface area contributed by atoms with E-state index in [1.165, 1.54) is 11.3 Å². The molecule has 1 N–H and O–H groups in total. The summed E-state index contributed by atoms with van der Waals surface area (Å²) in [7, 11) is 1.61. The molecule has 0 spiro atoms. The fourth-order valence-corrected chi connectivity index (χ4v) is 3.40. The maximum Gasteiger partial charge on any atom is 0.307 e. The molecule has 2 aromatic carbocycles. The van der Waals surface area contributed by atoms with Crippen LogP contribution in [-0.4, -0.2) is 30.5 Å². The van der Waals surface area contributed by atoms with E-state index in [4.69, 9.17) is 21.1 Å². The van der Waals surface area contributed by atoms with E-state index in [1.807, 2.05) is 29.6 Å². The molecule has 8 heteroatoms. The van der Waals surface area contributed by atoms with E-state index in [-0.39, 0.29) is 25.5 Å². The van der Waals surface area contributed by atoms with Crippen molar-refractivity contribution in [3.05, 3.63) is 70.2 Å². The molecule has 0 aliphatic carbocycles. The molecule has 1 amide bonds. The number of carbonyl (C=O) groups excluding carboxylic acids is 2. The number of nitrogens with zero attached hydrogens (tertiary/aromatic N) is 1. The average molecular weight is 431 g/mol. The normalized spacial score (nSPS) is 10.4. The van der Waals surface area contributed by atoms with Crippen molar-refractivity contribution in [1.29, 1.82) is 0 Å². The van der Waals surface area contributed by atoms with E-state index in [0.29, 0.717) is 16.3 Å². The molecule has 29 heavy (non-hydrogen) atoms. The highest BCUT2D eigenvalue weighted by molar-refractivity contribution is 7.13. The lowest BCUT2D eigenvalue weighted by molar-refractivity contribution is -0.144. The highest BCUT2D eigenvalue weighted by Crippen LogP contribution is 2.27. The number of ether oxygens (including phenoxy) is 2. The van der Waals surface area contributed by atoms with Gasteiger partial charge in [-0.1, -0.05) is 23.7 Å². The van der Waals surface area contributed by atoms with E-state index in [1.54, 1.807) is 31.4 Å². The van der Waals surface area contributed by atoms with Crippen LogP contribution in [0.3, 0.4) is 0 Å². The lowest BCUT2D eigenvalue weighted by atomic mass is 10.2. The van der Waals surface area contributed by atoms with Crippen LogP contribution in [0.15, 0.2) is 53.9 Å². The summed E-state index contributed by atoms with van der Waals surface area (Å²) in [6.45, 7) is 0.275. The van der Waals surface area contributed by atoms with Gasteiger partial charge >= 0.3 is 5.97 Å².